The Balaban J connectivity index is 3.76. The van der Waals surface area contributed by atoms with Gasteiger partial charge in [-0.25, -0.2) is 4.79 Å². The lowest BCUT2D eigenvalue weighted by atomic mass is 10.4. The van der Waals surface area contributed by atoms with Gasteiger partial charge in [-0.2, -0.15) is 0 Å². The van der Waals surface area contributed by atoms with Gasteiger partial charge in [0.2, 0.25) is 5.91 Å². The molecule has 7 nitrogen and oxygen atoms in total. The molecule has 0 aromatic rings. The summed E-state index contributed by atoms with van der Waals surface area (Å²) in [6, 6.07) is 0.797. The SMILES string of the molecule is CCO[Si](C)(CCCNC(=O)COCC(=O)O)OCC. The number of hydrogen-bond acceptors (Lipinski definition) is 5. The van der Waals surface area contributed by atoms with E-state index in [0.29, 0.717) is 19.8 Å². The molecule has 0 fully saturated rings. The van der Waals surface area contributed by atoms with E-state index in [1.54, 1.807) is 0 Å². The molecule has 0 saturated carbocycles. The Morgan fingerprint density at radius 1 is 1.15 bits per heavy atom. The Labute approximate surface area is 120 Å². The number of ether oxygens (including phenoxy) is 1. The molecule has 1 amide bonds. The van der Waals surface area contributed by atoms with Crippen molar-refractivity contribution >= 4 is 20.4 Å². The fraction of sp³-hybridized carbons (Fsp3) is 0.833. The molecular weight excluding hydrogens is 282 g/mol. The van der Waals surface area contributed by atoms with Gasteiger partial charge in [0.05, 0.1) is 0 Å². The van der Waals surface area contributed by atoms with Crippen LogP contribution in [0.2, 0.25) is 12.6 Å². The quantitative estimate of drug-likeness (QED) is 0.408. The molecule has 0 heterocycles. The molecule has 0 aliphatic heterocycles. The van der Waals surface area contributed by atoms with Gasteiger partial charge >= 0.3 is 14.5 Å². The maximum absolute atomic E-state index is 11.3. The van der Waals surface area contributed by atoms with Crippen LogP contribution < -0.4 is 5.32 Å². The minimum Gasteiger partial charge on any atom is -0.480 e. The summed E-state index contributed by atoms with van der Waals surface area (Å²) in [4.78, 5) is 21.5. The summed E-state index contributed by atoms with van der Waals surface area (Å²) >= 11 is 0. The summed E-state index contributed by atoms with van der Waals surface area (Å²) < 4.78 is 16.0. The lowest BCUT2D eigenvalue weighted by molar-refractivity contribution is -0.143. The lowest BCUT2D eigenvalue weighted by Gasteiger charge is -2.25. The second kappa shape index (κ2) is 10.8. The van der Waals surface area contributed by atoms with Crippen LogP contribution in [-0.2, 0) is 23.2 Å². The van der Waals surface area contributed by atoms with Crippen molar-refractivity contribution in [3.63, 3.8) is 0 Å². The van der Waals surface area contributed by atoms with E-state index in [-0.39, 0.29) is 12.5 Å². The molecule has 0 aliphatic carbocycles. The van der Waals surface area contributed by atoms with Crippen molar-refractivity contribution in [2.24, 2.45) is 0 Å². The molecule has 0 rings (SSSR count). The fourth-order valence-electron chi connectivity index (χ4n) is 1.72. The first-order chi connectivity index (χ1) is 9.43. The average molecular weight is 307 g/mol. The van der Waals surface area contributed by atoms with Crippen LogP contribution in [0.1, 0.15) is 20.3 Å². The van der Waals surface area contributed by atoms with Gasteiger partial charge in [0.1, 0.15) is 13.2 Å². The molecule has 118 valence electrons. The minimum atomic E-state index is -2.12. The standard InChI is InChI=1S/C12H25NO6Si/c1-4-18-20(3,19-5-2)8-6-7-13-11(14)9-17-10-12(15)16/h4-10H2,1-3H3,(H,13,14)(H,15,16). The Kier molecular flexibility index (Phi) is 10.3. The Morgan fingerprint density at radius 2 is 1.75 bits per heavy atom. The number of rotatable bonds is 12. The van der Waals surface area contributed by atoms with Crippen LogP contribution in [0.15, 0.2) is 0 Å². The predicted octanol–water partition coefficient (Wildman–Crippen LogP) is 0.739. The molecule has 8 heteroatoms. The van der Waals surface area contributed by atoms with Gasteiger partial charge < -0.3 is 24.0 Å². The topological polar surface area (TPSA) is 94.1 Å². The van der Waals surface area contributed by atoms with Gasteiger partial charge in [0.25, 0.3) is 0 Å². The van der Waals surface area contributed by atoms with Crippen LogP contribution in [0, 0.1) is 0 Å². The smallest absolute Gasteiger partial charge is 0.334 e. The maximum Gasteiger partial charge on any atom is 0.334 e. The van der Waals surface area contributed by atoms with E-state index in [4.69, 9.17) is 14.0 Å². The normalized spacial score (nSPS) is 11.3. The molecular formula is C12H25NO6Si. The molecule has 20 heavy (non-hydrogen) atoms. The van der Waals surface area contributed by atoms with Crippen molar-refractivity contribution in [3.8, 4) is 0 Å². The van der Waals surface area contributed by atoms with Crippen LogP contribution in [0.5, 0.6) is 0 Å². The summed E-state index contributed by atoms with van der Waals surface area (Å²) in [5.41, 5.74) is 0. The molecule has 0 aromatic heterocycles. The van der Waals surface area contributed by atoms with Crippen molar-refractivity contribution in [2.75, 3.05) is 33.0 Å². The van der Waals surface area contributed by atoms with Crippen molar-refractivity contribution in [3.05, 3.63) is 0 Å². The van der Waals surface area contributed by atoms with E-state index < -0.39 is 21.1 Å². The van der Waals surface area contributed by atoms with Gasteiger partial charge in [-0.05, 0) is 32.9 Å². The number of carboxylic acids is 1. The Hall–Kier alpha value is -0.963. The summed E-state index contributed by atoms with van der Waals surface area (Å²) in [6.07, 6.45) is 0.757. The highest BCUT2D eigenvalue weighted by molar-refractivity contribution is 6.66. The zero-order valence-electron chi connectivity index (χ0n) is 12.4. The first kappa shape index (κ1) is 19.0. The number of nitrogens with one attached hydrogen (secondary N) is 1. The molecule has 0 aliphatic rings. The van der Waals surface area contributed by atoms with Crippen LogP contribution in [0.4, 0.5) is 0 Å². The highest BCUT2D eigenvalue weighted by atomic mass is 28.4. The summed E-state index contributed by atoms with van der Waals surface area (Å²) in [5.74, 6) is -1.41. The minimum absolute atomic E-state index is 0.238. The largest absolute Gasteiger partial charge is 0.480 e. The van der Waals surface area contributed by atoms with E-state index in [0.717, 1.165) is 12.5 Å². The zero-order valence-corrected chi connectivity index (χ0v) is 13.4. The third-order valence-corrected chi connectivity index (χ3v) is 5.55. The summed E-state index contributed by atoms with van der Waals surface area (Å²) in [7, 11) is -2.12. The van der Waals surface area contributed by atoms with Crippen LogP contribution in [-0.4, -0.2) is 58.5 Å². The molecule has 0 saturated heterocycles. The van der Waals surface area contributed by atoms with E-state index in [2.05, 4.69) is 10.1 Å². The van der Waals surface area contributed by atoms with E-state index in [1.807, 2.05) is 20.4 Å². The highest BCUT2D eigenvalue weighted by Crippen LogP contribution is 2.15. The van der Waals surface area contributed by atoms with Crippen LogP contribution in [0.25, 0.3) is 0 Å². The van der Waals surface area contributed by atoms with Crippen molar-refractivity contribution in [2.45, 2.75) is 32.9 Å². The highest BCUT2D eigenvalue weighted by Gasteiger charge is 2.29. The maximum atomic E-state index is 11.3. The molecule has 0 aromatic carbocycles. The number of carboxylic acid groups (broad SMARTS) is 1. The third-order valence-electron chi connectivity index (χ3n) is 2.49. The number of carbonyl (C=O) groups is 2. The fourth-order valence-corrected chi connectivity index (χ4v) is 4.13. The average Bonchev–Trinajstić information content (AvgIpc) is 2.35. The number of hydrogen-bond donors (Lipinski definition) is 2. The van der Waals surface area contributed by atoms with Crippen molar-refractivity contribution in [1.82, 2.24) is 5.32 Å². The van der Waals surface area contributed by atoms with Gasteiger partial charge in [0, 0.05) is 19.8 Å². The van der Waals surface area contributed by atoms with E-state index >= 15 is 0 Å². The zero-order chi connectivity index (χ0) is 15.4. The first-order valence-corrected chi connectivity index (χ1v) is 9.30. The van der Waals surface area contributed by atoms with Gasteiger partial charge in [0.15, 0.2) is 0 Å². The lowest BCUT2D eigenvalue weighted by Crippen LogP contribution is -2.39. The Morgan fingerprint density at radius 3 is 2.25 bits per heavy atom. The van der Waals surface area contributed by atoms with E-state index in [1.165, 1.54) is 0 Å². The first-order valence-electron chi connectivity index (χ1n) is 6.77. The van der Waals surface area contributed by atoms with Gasteiger partial charge in [-0.1, -0.05) is 0 Å². The summed E-state index contributed by atoms with van der Waals surface area (Å²) in [6.45, 7) is 6.93. The molecule has 0 spiro atoms. The molecule has 0 atom stereocenters. The van der Waals surface area contributed by atoms with Gasteiger partial charge in [-0.15, -0.1) is 0 Å². The number of amides is 1. The van der Waals surface area contributed by atoms with Gasteiger partial charge in [-0.3, -0.25) is 4.79 Å². The van der Waals surface area contributed by atoms with Crippen molar-refractivity contribution in [1.29, 1.82) is 0 Å². The molecule has 0 radical (unpaired) electrons. The summed E-state index contributed by atoms with van der Waals surface area (Å²) in [5, 5.41) is 11.0. The molecule has 0 unspecified atom stereocenters. The number of aliphatic carboxylic acids is 1. The van der Waals surface area contributed by atoms with Crippen LogP contribution in [0.3, 0.4) is 0 Å². The van der Waals surface area contributed by atoms with Crippen LogP contribution >= 0.6 is 0 Å². The van der Waals surface area contributed by atoms with E-state index in [9.17, 15) is 9.59 Å². The third kappa shape index (κ3) is 9.90. The monoisotopic (exact) mass is 307 g/mol. The number of carbonyl (C=O) groups excluding carboxylic acids is 1. The molecule has 2 N–H and O–H groups in total. The second-order valence-electron chi connectivity index (χ2n) is 4.34. The predicted molar refractivity (Wildman–Crippen MR) is 75.8 cm³/mol. The second-order valence-corrected chi connectivity index (χ2v) is 7.68. The Bertz CT molecular complexity index is 294. The molecule has 0 bridgehead atoms. The van der Waals surface area contributed by atoms with Crippen molar-refractivity contribution < 1.29 is 28.3 Å².